The van der Waals surface area contributed by atoms with E-state index < -0.39 is 5.54 Å². The van der Waals surface area contributed by atoms with Crippen molar-refractivity contribution < 1.29 is 4.39 Å². The van der Waals surface area contributed by atoms with Crippen molar-refractivity contribution in [1.29, 1.82) is 0 Å². The van der Waals surface area contributed by atoms with E-state index in [1.807, 2.05) is 19.9 Å². The van der Waals surface area contributed by atoms with Crippen LogP contribution in [0.3, 0.4) is 0 Å². The summed E-state index contributed by atoms with van der Waals surface area (Å²) >= 11 is 0. The second-order valence-electron chi connectivity index (χ2n) is 4.38. The fourth-order valence-corrected chi connectivity index (χ4v) is 2.08. The Bertz CT molecular complexity index is 539. The Hall–Kier alpha value is -1.81. The van der Waals surface area contributed by atoms with Gasteiger partial charge in [0.25, 0.3) is 0 Å². The Morgan fingerprint density at radius 1 is 1.28 bits per heavy atom. The molecule has 0 bridgehead atoms. The van der Waals surface area contributed by atoms with Crippen LogP contribution in [0.25, 0.3) is 0 Å². The molecule has 0 saturated heterocycles. The number of aromatic nitrogens is 2. The molecule has 0 aliphatic rings. The highest BCUT2D eigenvalue weighted by atomic mass is 19.1. The number of rotatable bonds is 3. The highest BCUT2D eigenvalue weighted by Crippen LogP contribution is 2.30. The van der Waals surface area contributed by atoms with Gasteiger partial charge in [-0.3, -0.25) is 9.97 Å². The fourth-order valence-electron chi connectivity index (χ4n) is 2.08. The van der Waals surface area contributed by atoms with Gasteiger partial charge in [0.05, 0.1) is 17.4 Å². The van der Waals surface area contributed by atoms with Crippen LogP contribution in [-0.2, 0) is 5.54 Å². The van der Waals surface area contributed by atoms with Gasteiger partial charge in [-0.2, -0.15) is 0 Å². The number of nitrogens with zero attached hydrogens (tertiary/aromatic N) is 2. The molecule has 0 saturated carbocycles. The van der Waals surface area contributed by atoms with Crippen molar-refractivity contribution in [3.8, 4) is 0 Å². The molecule has 1 unspecified atom stereocenters. The molecule has 2 N–H and O–H groups in total. The predicted molar refractivity (Wildman–Crippen MR) is 68.4 cm³/mol. The third-order valence-corrected chi connectivity index (χ3v) is 3.26. The van der Waals surface area contributed by atoms with Gasteiger partial charge in [0.1, 0.15) is 5.82 Å². The maximum atomic E-state index is 12.9. The summed E-state index contributed by atoms with van der Waals surface area (Å²) in [5.41, 5.74) is 8.37. The number of halogens is 1. The highest BCUT2D eigenvalue weighted by molar-refractivity contribution is 5.37. The molecule has 3 nitrogen and oxygen atoms in total. The normalized spacial score (nSPS) is 14.2. The van der Waals surface area contributed by atoms with Crippen molar-refractivity contribution in [1.82, 2.24) is 9.97 Å². The van der Waals surface area contributed by atoms with Gasteiger partial charge in [0.15, 0.2) is 0 Å². The van der Waals surface area contributed by atoms with Crippen molar-refractivity contribution in [2.24, 2.45) is 5.73 Å². The smallest absolute Gasteiger partial charge is 0.141 e. The Labute approximate surface area is 106 Å². The number of hydrogen-bond donors (Lipinski definition) is 1. The van der Waals surface area contributed by atoms with Crippen LogP contribution in [0, 0.1) is 12.7 Å². The molecule has 2 heterocycles. The SMILES string of the molecule is CCC(N)(c1ccc(F)cn1)c1cnccc1C. The molecular formula is C14H16FN3. The molecule has 2 aromatic heterocycles. The zero-order valence-corrected chi connectivity index (χ0v) is 10.5. The fraction of sp³-hybridized carbons (Fsp3) is 0.286. The van der Waals surface area contributed by atoms with E-state index in [1.165, 1.54) is 12.3 Å². The third kappa shape index (κ3) is 2.11. The first kappa shape index (κ1) is 12.6. The lowest BCUT2D eigenvalue weighted by molar-refractivity contribution is 0.494. The molecule has 18 heavy (non-hydrogen) atoms. The number of aryl methyl sites for hydroxylation is 1. The Morgan fingerprint density at radius 2 is 2.06 bits per heavy atom. The van der Waals surface area contributed by atoms with Crippen LogP contribution in [-0.4, -0.2) is 9.97 Å². The Morgan fingerprint density at radius 3 is 2.61 bits per heavy atom. The van der Waals surface area contributed by atoms with Gasteiger partial charge in [0.2, 0.25) is 0 Å². The molecular weight excluding hydrogens is 229 g/mol. The van der Waals surface area contributed by atoms with Gasteiger partial charge in [-0.05, 0) is 42.7 Å². The minimum absolute atomic E-state index is 0.361. The number of hydrogen-bond acceptors (Lipinski definition) is 3. The van der Waals surface area contributed by atoms with Crippen LogP contribution in [0.1, 0.15) is 30.2 Å². The lowest BCUT2D eigenvalue weighted by Crippen LogP contribution is -2.39. The van der Waals surface area contributed by atoms with Crippen molar-refractivity contribution in [3.63, 3.8) is 0 Å². The van der Waals surface area contributed by atoms with Crippen molar-refractivity contribution in [3.05, 3.63) is 59.4 Å². The van der Waals surface area contributed by atoms with Crippen LogP contribution < -0.4 is 5.73 Å². The summed E-state index contributed by atoms with van der Waals surface area (Å²) in [7, 11) is 0. The molecule has 0 aliphatic carbocycles. The van der Waals surface area contributed by atoms with Crippen molar-refractivity contribution in [2.45, 2.75) is 25.8 Å². The lowest BCUT2D eigenvalue weighted by atomic mass is 9.83. The van der Waals surface area contributed by atoms with E-state index in [2.05, 4.69) is 9.97 Å². The first-order valence-electron chi connectivity index (χ1n) is 5.90. The summed E-state index contributed by atoms with van der Waals surface area (Å²) in [4.78, 5) is 8.23. The topological polar surface area (TPSA) is 51.8 Å². The van der Waals surface area contributed by atoms with E-state index in [9.17, 15) is 4.39 Å². The van der Waals surface area contributed by atoms with Crippen molar-refractivity contribution in [2.75, 3.05) is 0 Å². The Balaban J connectivity index is 2.55. The first-order valence-corrected chi connectivity index (χ1v) is 5.90. The van der Waals surface area contributed by atoms with E-state index in [0.29, 0.717) is 12.1 Å². The van der Waals surface area contributed by atoms with Crippen LogP contribution in [0.4, 0.5) is 4.39 Å². The van der Waals surface area contributed by atoms with Gasteiger partial charge in [-0.1, -0.05) is 6.92 Å². The largest absolute Gasteiger partial charge is 0.316 e. The van der Waals surface area contributed by atoms with Crippen LogP contribution in [0.2, 0.25) is 0 Å². The quantitative estimate of drug-likeness (QED) is 0.904. The maximum absolute atomic E-state index is 12.9. The molecule has 4 heteroatoms. The van der Waals surface area contributed by atoms with Gasteiger partial charge in [-0.25, -0.2) is 4.39 Å². The average Bonchev–Trinajstić information content (AvgIpc) is 2.39. The number of nitrogens with two attached hydrogens (primary N) is 1. The van der Waals surface area contributed by atoms with E-state index in [4.69, 9.17) is 5.73 Å². The van der Waals surface area contributed by atoms with E-state index in [1.54, 1.807) is 18.5 Å². The van der Waals surface area contributed by atoms with Gasteiger partial charge < -0.3 is 5.73 Å². The summed E-state index contributed by atoms with van der Waals surface area (Å²) in [6.07, 6.45) is 5.34. The van der Waals surface area contributed by atoms with E-state index >= 15 is 0 Å². The second-order valence-corrected chi connectivity index (χ2v) is 4.38. The predicted octanol–water partition coefficient (Wildman–Crippen LogP) is 2.54. The molecule has 0 radical (unpaired) electrons. The molecule has 2 rings (SSSR count). The molecule has 94 valence electrons. The van der Waals surface area contributed by atoms with Gasteiger partial charge in [-0.15, -0.1) is 0 Å². The van der Waals surface area contributed by atoms with Crippen molar-refractivity contribution >= 4 is 0 Å². The zero-order chi connectivity index (χ0) is 13.2. The maximum Gasteiger partial charge on any atom is 0.141 e. The summed E-state index contributed by atoms with van der Waals surface area (Å²) in [5.74, 6) is -0.361. The summed E-state index contributed by atoms with van der Waals surface area (Å²) in [6.45, 7) is 3.97. The van der Waals surface area contributed by atoms with Crippen LogP contribution in [0.5, 0.6) is 0 Å². The first-order chi connectivity index (χ1) is 8.58. The molecule has 0 aliphatic heterocycles. The molecule has 0 aromatic carbocycles. The molecule has 0 fully saturated rings. The molecule has 0 amide bonds. The van der Waals surface area contributed by atoms with E-state index in [-0.39, 0.29) is 5.82 Å². The van der Waals surface area contributed by atoms with Gasteiger partial charge in [0, 0.05) is 12.4 Å². The number of pyridine rings is 2. The van der Waals surface area contributed by atoms with Crippen LogP contribution >= 0.6 is 0 Å². The summed E-state index contributed by atoms with van der Waals surface area (Å²) in [5, 5.41) is 0. The molecule has 2 aromatic rings. The van der Waals surface area contributed by atoms with Gasteiger partial charge >= 0.3 is 0 Å². The third-order valence-electron chi connectivity index (χ3n) is 3.26. The average molecular weight is 245 g/mol. The second kappa shape index (κ2) is 4.82. The lowest BCUT2D eigenvalue weighted by Gasteiger charge is -2.29. The van der Waals surface area contributed by atoms with E-state index in [0.717, 1.165) is 11.1 Å². The minimum atomic E-state index is -0.730. The summed E-state index contributed by atoms with van der Waals surface area (Å²) in [6, 6.07) is 4.92. The zero-order valence-electron chi connectivity index (χ0n) is 10.5. The minimum Gasteiger partial charge on any atom is -0.316 e. The molecule has 0 spiro atoms. The Kier molecular flexibility index (Phi) is 3.39. The monoisotopic (exact) mass is 245 g/mol. The standard InChI is InChI=1S/C14H16FN3/c1-3-14(16,12-9-17-7-6-10(12)2)13-5-4-11(15)8-18-13/h4-9H,3,16H2,1-2H3. The van der Waals surface area contributed by atoms with Crippen LogP contribution in [0.15, 0.2) is 36.8 Å². The summed E-state index contributed by atoms with van der Waals surface area (Å²) < 4.78 is 12.9. The molecule has 1 atom stereocenters. The highest BCUT2D eigenvalue weighted by Gasteiger charge is 2.30.